The van der Waals surface area contributed by atoms with Gasteiger partial charge in [-0.25, -0.2) is 4.39 Å². The molecular weight excluding hydrogens is 391 g/mol. The number of carbonyl (C=O) groups excluding carboxylic acids is 1. The highest BCUT2D eigenvalue weighted by molar-refractivity contribution is 9.10. The fourth-order valence-electron chi connectivity index (χ4n) is 2.72. The van der Waals surface area contributed by atoms with Gasteiger partial charge in [0.1, 0.15) is 5.82 Å². The molecule has 0 saturated carbocycles. The second-order valence-corrected chi connectivity index (χ2v) is 6.68. The normalized spacial score (nSPS) is 17.3. The van der Waals surface area contributed by atoms with E-state index in [2.05, 4.69) is 26.6 Å². The van der Waals surface area contributed by atoms with Crippen LogP contribution < -0.4 is 10.6 Å². The van der Waals surface area contributed by atoms with Crippen molar-refractivity contribution in [2.75, 3.05) is 0 Å². The van der Waals surface area contributed by atoms with Gasteiger partial charge in [-0.3, -0.25) is 4.79 Å². The Kier molecular flexibility index (Phi) is 4.78. The zero-order chi connectivity index (χ0) is 17.3. The quantitative estimate of drug-likeness (QED) is 0.755. The standard InChI is InChI=1S/C18H14BrFN2OS/c1-10(23)15-16(11-5-3-2-4-6-11)21-18(24)22-17(15)12-7-8-14(20)13(19)9-12/h2-9,17H,1H3,(H2,21,22,24)/t17-/m0/s1. The zero-order valence-electron chi connectivity index (χ0n) is 12.8. The molecule has 3 rings (SSSR count). The van der Waals surface area contributed by atoms with Gasteiger partial charge in [-0.05, 0) is 58.3 Å². The molecule has 1 aliphatic heterocycles. The Morgan fingerprint density at radius 1 is 1.21 bits per heavy atom. The van der Waals surface area contributed by atoms with E-state index in [-0.39, 0.29) is 11.6 Å². The summed E-state index contributed by atoms with van der Waals surface area (Å²) >= 11 is 8.50. The Morgan fingerprint density at radius 2 is 1.92 bits per heavy atom. The number of benzene rings is 2. The molecule has 1 heterocycles. The van der Waals surface area contributed by atoms with Crippen molar-refractivity contribution in [1.29, 1.82) is 0 Å². The maximum Gasteiger partial charge on any atom is 0.171 e. The van der Waals surface area contributed by atoms with Gasteiger partial charge in [0.25, 0.3) is 0 Å². The Bertz CT molecular complexity index is 851. The van der Waals surface area contributed by atoms with Crippen LogP contribution in [0.1, 0.15) is 24.1 Å². The lowest BCUT2D eigenvalue weighted by atomic mass is 9.90. The van der Waals surface area contributed by atoms with Crippen LogP contribution in [-0.2, 0) is 4.79 Å². The summed E-state index contributed by atoms with van der Waals surface area (Å²) in [5.41, 5.74) is 2.87. The Balaban J connectivity index is 2.18. The van der Waals surface area contributed by atoms with E-state index in [0.29, 0.717) is 20.9 Å². The molecule has 3 nitrogen and oxygen atoms in total. The maximum atomic E-state index is 13.6. The van der Waals surface area contributed by atoms with Crippen molar-refractivity contribution in [3.63, 3.8) is 0 Å². The summed E-state index contributed by atoms with van der Waals surface area (Å²) in [6.07, 6.45) is 0. The maximum absolute atomic E-state index is 13.6. The minimum atomic E-state index is -0.441. The van der Waals surface area contributed by atoms with E-state index in [1.54, 1.807) is 12.1 Å². The molecule has 0 bridgehead atoms. The van der Waals surface area contributed by atoms with Crippen LogP contribution in [0, 0.1) is 5.82 Å². The molecule has 2 aromatic rings. The summed E-state index contributed by atoms with van der Waals surface area (Å²) in [4.78, 5) is 12.4. The van der Waals surface area contributed by atoms with Crippen molar-refractivity contribution in [1.82, 2.24) is 10.6 Å². The number of thiocarbonyl (C=S) groups is 1. The highest BCUT2D eigenvalue weighted by Gasteiger charge is 2.30. The zero-order valence-corrected chi connectivity index (χ0v) is 15.2. The predicted molar refractivity (Wildman–Crippen MR) is 99.8 cm³/mol. The van der Waals surface area contributed by atoms with Gasteiger partial charge < -0.3 is 10.6 Å². The molecule has 0 fully saturated rings. The van der Waals surface area contributed by atoms with E-state index in [1.165, 1.54) is 13.0 Å². The molecule has 122 valence electrons. The molecule has 2 aromatic carbocycles. The molecule has 0 unspecified atom stereocenters. The molecule has 0 aromatic heterocycles. The molecule has 24 heavy (non-hydrogen) atoms. The first-order valence-electron chi connectivity index (χ1n) is 7.30. The highest BCUT2D eigenvalue weighted by atomic mass is 79.9. The van der Waals surface area contributed by atoms with E-state index < -0.39 is 6.04 Å². The summed E-state index contributed by atoms with van der Waals surface area (Å²) < 4.78 is 13.9. The smallest absolute Gasteiger partial charge is 0.171 e. The number of halogens is 2. The van der Waals surface area contributed by atoms with Gasteiger partial charge in [-0.2, -0.15) is 0 Å². The largest absolute Gasteiger partial charge is 0.351 e. The molecular formula is C18H14BrFN2OS. The van der Waals surface area contributed by atoms with Crippen molar-refractivity contribution in [3.05, 3.63) is 75.5 Å². The van der Waals surface area contributed by atoms with Gasteiger partial charge in [0.2, 0.25) is 0 Å². The highest BCUT2D eigenvalue weighted by Crippen LogP contribution is 2.33. The molecule has 0 radical (unpaired) electrons. The van der Waals surface area contributed by atoms with Crippen LogP contribution in [0.3, 0.4) is 0 Å². The second kappa shape index (κ2) is 6.83. The molecule has 1 aliphatic rings. The number of hydrogen-bond donors (Lipinski definition) is 2. The Hall–Kier alpha value is -2.05. The van der Waals surface area contributed by atoms with E-state index in [4.69, 9.17) is 12.2 Å². The van der Waals surface area contributed by atoms with Crippen molar-refractivity contribution in [3.8, 4) is 0 Å². The third-order valence-electron chi connectivity index (χ3n) is 3.79. The van der Waals surface area contributed by atoms with E-state index in [9.17, 15) is 9.18 Å². The lowest BCUT2D eigenvalue weighted by molar-refractivity contribution is -0.113. The summed E-state index contributed by atoms with van der Waals surface area (Å²) in [5, 5.41) is 6.61. The van der Waals surface area contributed by atoms with Crippen LogP contribution in [0.2, 0.25) is 0 Å². The molecule has 2 N–H and O–H groups in total. The van der Waals surface area contributed by atoms with E-state index >= 15 is 0 Å². The molecule has 0 spiro atoms. The fourth-order valence-corrected chi connectivity index (χ4v) is 3.33. The van der Waals surface area contributed by atoms with Crippen LogP contribution in [0.5, 0.6) is 0 Å². The third-order valence-corrected chi connectivity index (χ3v) is 4.62. The summed E-state index contributed by atoms with van der Waals surface area (Å²) in [7, 11) is 0. The van der Waals surface area contributed by atoms with Crippen LogP contribution in [0.25, 0.3) is 5.70 Å². The fraction of sp³-hybridized carbons (Fsp3) is 0.111. The number of Topliss-reactive ketones (excluding diaryl/α,β-unsaturated/α-hetero) is 1. The number of carbonyl (C=O) groups is 1. The monoisotopic (exact) mass is 404 g/mol. The minimum absolute atomic E-state index is 0.0817. The first-order chi connectivity index (χ1) is 11.5. The van der Waals surface area contributed by atoms with Gasteiger partial charge in [-0.15, -0.1) is 0 Å². The first kappa shape index (κ1) is 16.8. The molecule has 1 atom stereocenters. The summed E-state index contributed by atoms with van der Waals surface area (Å²) in [6, 6.07) is 13.8. The summed E-state index contributed by atoms with van der Waals surface area (Å²) in [5.74, 6) is -0.436. The van der Waals surface area contributed by atoms with Crippen LogP contribution >= 0.6 is 28.1 Å². The van der Waals surface area contributed by atoms with Crippen molar-refractivity contribution >= 4 is 44.7 Å². The van der Waals surface area contributed by atoms with Gasteiger partial charge in [0, 0.05) is 5.57 Å². The van der Waals surface area contributed by atoms with Crippen molar-refractivity contribution in [2.45, 2.75) is 13.0 Å². The van der Waals surface area contributed by atoms with E-state index in [1.807, 2.05) is 30.3 Å². The number of hydrogen-bond acceptors (Lipinski definition) is 2. The SMILES string of the molecule is CC(=O)C1=C(c2ccccc2)NC(=S)N[C@H]1c1ccc(F)c(Br)c1. The minimum Gasteiger partial charge on any atom is -0.351 e. The lowest BCUT2D eigenvalue weighted by Crippen LogP contribution is -2.44. The molecule has 0 aliphatic carbocycles. The number of rotatable bonds is 3. The van der Waals surface area contributed by atoms with Crippen molar-refractivity contribution in [2.24, 2.45) is 0 Å². The lowest BCUT2D eigenvalue weighted by Gasteiger charge is -2.31. The van der Waals surface area contributed by atoms with Gasteiger partial charge >= 0.3 is 0 Å². The third kappa shape index (κ3) is 3.25. The summed E-state index contributed by atoms with van der Waals surface area (Å²) in [6.45, 7) is 1.52. The topological polar surface area (TPSA) is 41.1 Å². The number of ketones is 1. The molecule has 0 saturated heterocycles. The van der Waals surface area contributed by atoms with Crippen LogP contribution in [0.4, 0.5) is 4.39 Å². The molecule has 0 amide bonds. The van der Waals surface area contributed by atoms with Crippen LogP contribution in [0.15, 0.2) is 58.6 Å². The predicted octanol–water partition coefficient (Wildman–Crippen LogP) is 4.11. The average Bonchev–Trinajstić information content (AvgIpc) is 2.57. The van der Waals surface area contributed by atoms with Crippen LogP contribution in [-0.4, -0.2) is 10.9 Å². The molecule has 6 heteroatoms. The average molecular weight is 405 g/mol. The van der Waals surface area contributed by atoms with Gasteiger partial charge in [0.05, 0.1) is 16.2 Å². The second-order valence-electron chi connectivity index (χ2n) is 5.42. The Morgan fingerprint density at radius 3 is 2.54 bits per heavy atom. The van der Waals surface area contributed by atoms with Gasteiger partial charge in [0.15, 0.2) is 10.9 Å². The van der Waals surface area contributed by atoms with Gasteiger partial charge in [-0.1, -0.05) is 36.4 Å². The first-order valence-corrected chi connectivity index (χ1v) is 8.50. The van der Waals surface area contributed by atoms with Crippen molar-refractivity contribution < 1.29 is 9.18 Å². The van der Waals surface area contributed by atoms with E-state index in [0.717, 1.165) is 11.1 Å². The Labute approximate surface area is 153 Å². The number of nitrogens with one attached hydrogen (secondary N) is 2.